The lowest BCUT2D eigenvalue weighted by molar-refractivity contribution is -0.394. The number of carbonyl (C=O) groups is 2. The number of hydrazone groups is 1. The first kappa shape index (κ1) is 22.1. The van der Waals surface area contributed by atoms with Crippen LogP contribution in [0.4, 0.5) is 17.2 Å². The number of nitro groups is 2. The van der Waals surface area contributed by atoms with Crippen molar-refractivity contribution in [1.82, 2.24) is 10.4 Å². The Kier molecular flexibility index (Phi) is 7.22. The molecule has 0 saturated heterocycles. The molecule has 0 saturated carbocycles. The van der Waals surface area contributed by atoms with Crippen molar-refractivity contribution in [2.24, 2.45) is 5.10 Å². The zero-order chi connectivity index (χ0) is 22.3. The van der Waals surface area contributed by atoms with Crippen molar-refractivity contribution < 1.29 is 19.4 Å². The summed E-state index contributed by atoms with van der Waals surface area (Å²) in [5.41, 5.74) is 2.26. The fourth-order valence-electron chi connectivity index (χ4n) is 2.43. The molecule has 2 aromatic rings. The minimum absolute atomic E-state index is 0.000724. The Morgan fingerprint density at radius 3 is 2.47 bits per heavy atom. The average Bonchev–Trinajstić information content (AvgIpc) is 2.66. The molecule has 1 aromatic carbocycles. The maximum atomic E-state index is 12.0. The second kappa shape index (κ2) is 9.82. The molecule has 1 aromatic heterocycles. The summed E-state index contributed by atoms with van der Waals surface area (Å²) in [4.78, 5) is 48.5. The number of anilines is 1. The molecule has 0 spiro atoms. The quantitative estimate of drug-likeness (QED) is 0.379. The summed E-state index contributed by atoms with van der Waals surface area (Å²) in [5.74, 6) is -0.663. The molecule has 0 unspecified atom stereocenters. The van der Waals surface area contributed by atoms with Gasteiger partial charge in [0.15, 0.2) is 0 Å². The third kappa shape index (κ3) is 6.44. The maximum absolute atomic E-state index is 12.0. The Balaban J connectivity index is 1.96. The van der Waals surface area contributed by atoms with Gasteiger partial charge in [-0.25, -0.2) is 10.4 Å². The van der Waals surface area contributed by atoms with Crippen LogP contribution in [-0.4, -0.2) is 32.4 Å². The molecule has 156 valence electrons. The van der Waals surface area contributed by atoms with Crippen LogP contribution in [0.15, 0.2) is 41.5 Å². The predicted octanol–water partition coefficient (Wildman–Crippen LogP) is 2.27. The van der Waals surface area contributed by atoms with Gasteiger partial charge in [-0.05, 0) is 32.0 Å². The van der Waals surface area contributed by atoms with Crippen LogP contribution in [0.3, 0.4) is 0 Å². The first-order valence-corrected chi connectivity index (χ1v) is 8.63. The molecule has 12 heteroatoms. The van der Waals surface area contributed by atoms with Crippen LogP contribution in [0.2, 0.25) is 0 Å². The highest BCUT2D eigenvalue weighted by Crippen LogP contribution is 2.25. The van der Waals surface area contributed by atoms with Crippen molar-refractivity contribution in [2.75, 3.05) is 5.32 Å². The predicted molar refractivity (Wildman–Crippen MR) is 107 cm³/mol. The van der Waals surface area contributed by atoms with Gasteiger partial charge in [-0.3, -0.25) is 29.8 Å². The number of pyridine rings is 1. The summed E-state index contributed by atoms with van der Waals surface area (Å²) in [6.07, 6.45) is -0.516. The highest BCUT2D eigenvalue weighted by atomic mass is 16.6. The lowest BCUT2D eigenvalue weighted by atomic mass is 10.1. The van der Waals surface area contributed by atoms with Crippen LogP contribution in [0.5, 0.6) is 0 Å². The monoisotopic (exact) mass is 414 g/mol. The average molecular weight is 414 g/mol. The molecule has 2 amide bonds. The smallest absolute Gasteiger partial charge is 0.279 e. The molecule has 1 heterocycles. The number of nitrogens with zero attached hydrogens (tertiary/aromatic N) is 4. The number of benzene rings is 1. The maximum Gasteiger partial charge on any atom is 0.279 e. The molecule has 0 aliphatic rings. The van der Waals surface area contributed by atoms with E-state index in [4.69, 9.17) is 0 Å². The van der Waals surface area contributed by atoms with Crippen molar-refractivity contribution in [1.29, 1.82) is 0 Å². The number of carbonyl (C=O) groups excluding carboxylic acids is 2. The lowest BCUT2D eigenvalue weighted by Gasteiger charge is -2.06. The molecule has 2 rings (SSSR count). The Labute approximate surface area is 170 Å². The van der Waals surface area contributed by atoms with Gasteiger partial charge in [-0.2, -0.15) is 5.10 Å². The van der Waals surface area contributed by atoms with E-state index in [2.05, 4.69) is 20.8 Å². The van der Waals surface area contributed by atoms with Crippen LogP contribution in [0, 0.1) is 27.2 Å². The van der Waals surface area contributed by atoms with E-state index >= 15 is 0 Å². The summed E-state index contributed by atoms with van der Waals surface area (Å²) in [7, 11) is 0. The minimum Gasteiger partial charge on any atom is -0.310 e. The first-order chi connectivity index (χ1) is 14.2. The number of non-ortho nitro benzene ring substituents is 1. The number of hydrogen-bond donors (Lipinski definition) is 2. The normalized spacial score (nSPS) is 10.9. The van der Waals surface area contributed by atoms with Crippen molar-refractivity contribution in [3.8, 4) is 0 Å². The fourth-order valence-corrected chi connectivity index (χ4v) is 2.43. The summed E-state index contributed by atoms with van der Waals surface area (Å²) < 4.78 is 0. The topological polar surface area (TPSA) is 170 Å². The SMILES string of the molecule is C/C(CC(=O)Nc1cccc(C)n1)=N\NC(=O)Cc1ccc([N+](=O)[O-])cc1[N+](=O)[O-]. The van der Waals surface area contributed by atoms with E-state index in [-0.39, 0.29) is 17.9 Å². The van der Waals surface area contributed by atoms with Gasteiger partial charge < -0.3 is 5.32 Å². The van der Waals surface area contributed by atoms with Crippen LogP contribution in [0.25, 0.3) is 0 Å². The Morgan fingerprint density at radius 2 is 1.83 bits per heavy atom. The molecule has 0 radical (unpaired) electrons. The van der Waals surface area contributed by atoms with Crippen molar-refractivity contribution in [2.45, 2.75) is 26.7 Å². The fraction of sp³-hybridized carbons (Fsp3) is 0.222. The zero-order valence-corrected chi connectivity index (χ0v) is 16.1. The lowest BCUT2D eigenvalue weighted by Crippen LogP contribution is -2.23. The summed E-state index contributed by atoms with van der Waals surface area (Å²) in [5, 5.41) is 28.3. The first-order valence-electron chi connectivity index (χ1n) is 8.63. The largest absolute Gasteiger partial charge is 0.310 e. The van der Waals surface area contributed by atoms with E-state index in [1.807, 2.05) is 0 Å². The molecule has 0 aliphatic carbocycles. The third-order valence-electron chi connectivity index (χ3n) is 3.77. The van der Waals surface area contributed by atoms with Crippen LogP contribution < -0.4 is 10.7 Å². The number of hydrogen-bond acceptors (Lipinski definition) is 8. The van der Waals surface area contributed by atoms with Gasteiger partial charge in [0.05, 0.1) is 28.8 Å². The van der Waals surface area contributed by atoms with E-state index in [1.54, 1.807) is 25.1 Å². The van der Waals surface area contributed by atoms with E-state index < -0.39 is 33.5 Å². The minimum atomic E-state index is -0.798. The van der Waals surface area contributed by atoms with Gasteiger partial charge in [0.25, 0.3) is 11.4 Å². The Hall–Kier alpha value is -4.22. The van der Waals surface area contributed by atoms with Crippen molar-refractivity contribution >= 4 is 34.7 Å². The number of aromatic nitrogens is 1. The van der Waals surface area contributed by atoms with Gasteiger partial charge >= 0.3 is 0 Å². The highest BCUT2D eigenvalue weighted by Gasteiger charge is 2.21. The second-order valence-corrected chi connectivity index (χ2v) is 6.28. The molecule has 30 heavy (non-hydrogen) atoms. The molecular formula is C18H18N6O6. The van der Waals surface area contributed by atoms with Crippen LogP contribution in [-0.2, 0) is 16.0 Å². The van der Waals surface area contributed by atoms with Crippen LogP contribution >= 0.6 is 0 Å². The molecule has 2 N–H and O–H groups in total. The van der Waals surface area contributed by atoms with E-state index in [0.29, 0.717) is 11.5 Å². The zero-order valence-electron chi connectivity index (χ0n) is 16.1. The standard InChI is InChI=1S/C18H18N6O6/c1-11-4-3-5-16(19-11)20-17(25)8-12(2)21-22-18(26)9-13-6-7-14(23(27)28)10-15(13)24(29)30/h3-7,10H,8-9H2,1-2H3,(H,22,26)(H,19,20,25)/b21-12+. The van der Waals surface area contributed by atoms with Crippen molar-refractivity contribution in [3.63, 3.8) is 0 Å². The Morgan fingerprint density at radius 1 is 1.10 bits per heavy atom. The molecular weight excluding hydrogens is 396 g/mol. The molecule has 0 atom stereocenters. The molecule has 0 bridgehead atoms. The summed E-state index contributed by atoms with van der Waals surface area (Å²) in [6.45, 7) is 3.31. The summed E-state index contributed by atoms with van der Waals surface area (Å²) >= 11 is 0. The van der Waals surface area contributed by atoms with Gasteiger partial charge in [-0.1, -0.05) is 6.07 Å². The highest BCUT2D eigenvalue weighted by molar-refractivity contribution is 6.05. The van der Waals surface area contributed by atoms with Gasteiger partial charge in [0, 0.05) is 23.0 Å². The number of aryl methyl sites for hydroxylation is 1. The van der Waals surface area contributed by atoms with Gasteiger partial charge in [-0.15, -0.1) is 0 Å². The number of nitro benzene ring substituents is 2. The van der Waals surface area contributed by atoms with Crippen LogP contribution in [0.1, 0.15) is 24.6 Å². The number of amides is 2. The van der Waals surface area contributed by atoms with E-state index in [0.717, 1.165) is 23.9 Å². The van der Waals surface area contributed by atoms with Gasteiger partial charge in [0.1, 0.15) is 5.82 Å². The second-order valence-electron chi connectivity index (χ2n) is 6.28. The number of nitrogens with one attached hydrogen (secondary N) is 2. The number of rotatable bonds is 8. The van der Waals surface area contributed by atoms with E-state index in [1.165, 1.54) is 6.92 Å². The summed E-state index contributed by atoms with van der Waals surface area (Å²) in [6, 6.07) is 8.18. The third-order valence-corrected chi connectivity index (χ3v) is 3.77. The molecule has 0 aliphatic heterocycles. The molecule has 12 nitrogen and oxygen atoms in total. The molecule has 0 fully saturated rings. The van der Waals surface area contributed by atoms with Crippen molar-refractivity contribution in [3.05, 3.63) is 67.9 Å². The van der Waals surface area contributed by atoms with Gasteiger partial charge in [0.2, 0.25) is 11.8 Å². The Bertz CT molecular complexity index is 1040. The van der Waals surface area contributed by atoms with E-state index in [9.17, 15) is 29.8 Å².